The number of hydrazine groups is 1. The lowest BCUT2D eigenvalue weighted by Gasteiger charge is -2.02. The van der Waals surface area contributed by atoms with Gasteiger partial charge in [-0.1, -0.05) is 12.1 Å². The molecule has 2 rings (SSSR count). The van der Waals surface area contributed by atoms with Gasteiger partial charge in [0.25, 0.3) is 0 Å². The molecule has 0 fully saturated rings. The number of hydrogen-bond donors (Lipinski definition) is 2. The van der Waals surface area contributed by atoms with Crippen LogP contribution < -0.4 is 10.9 Å². The summed E-state index contributed by atoms with van der Waals surface area (Å²) < 4.78 is 5.28. The third-order valence-corrected chi connectivity index (χ3v) is 2.56. The van der Waals surface area contributed by atoms with Crippen LogP contribution in [0.1, 0.15) is 6.92 Å². The van der Waals surface area contributed by atoms with Gasteiger partial charge in [-0.2, -0.15) is 4.37 Å². The summed E-state index contributed by atoms with van der Waals surface area (Å²) in [5, 5.41) is 1.02. The first-order valence-electron chi connectivity index (χ1n) is 4.14. The Kier molecular flexibility index (Phi) is 2.32. The summed E-state index contributed by atoms with van der Waals surface area (Å²) in [4.78, 5) is 10.7. The Balaban J connectivity index is 2.29. The molecule has 0 unspecified atom stereocenters. The van der Waals surface area contributed by atoms with Crippen molar-refractivity contribution in [1.29, 1.82) is 0 Å². The molecule has 0 saturated carbocycles. The fourth-order valence-electron chi connectivity index (χ4n) is 1.12. The van der Waals surface area contributed by atoms with Gasteiger partial charge in [0, 0.05) is 12.3 Å². The minimum absolute atomic E-state index is 0.137. The molecule has 0 atom stereocenters. The van der Waals surface area contributed by atoms with E-state index in [1.807, 2.05) is 24.3 Å². The number of nitrogens with zero attached hydrogens (tertiary/aromatic N) is 1. The Morgan fingerprint density at radius 3 is 3.00 bits per heavy atom. The predicted octanol–water partition coefficient (Wildman–Crippen LogP) is 1.76. The maximum absolute atomic E-state index is 10.7. The fourth-order valence-corrected chi connectivity index (χ4v) is 1.86. The normalized spacial score (nSPS) is 10.1. The lowest BCUT2D eigenvalue weighted by atomic mass is 10.3. The predicted molar refractivity (Wildman–Crippen MR) is 57.1 cm³/mol. The summed E-state index contributed by atoms with van der Waals surface area (Å²) in [7, 11) is 0. The second kappa shape index (κ2) is 3.63. The van der Waals surface area contributed by atoms with E-state index in [0.29, 0.717) is 5.82 Å². The molecule has 1 aromatic carbocycles. The van der Waals surface area contributed by atoms with Crippen molar-refractivity contribution in [3.05, 3.63) is 24.3 Å². The number of rotatable bonds is 2. The molecule has 1 amide bonds. The van der Waals surface area contributed by atoms with Crippen molar-refractivity contribution in [1.82, 2.24) is 9.80 Å². The fraction of sp³-hybridized carbons (Fsp3) is 0.111. The van der Waals surface area contributed by atoms with E-state index in [0.717, 1.165) is 10.1 Å². The van der Waals surface area contributed by atoms with Crippen molar-refractivity contribution in [3.8, 4) is 0 Å². The molecule has 72 valence electrons. The molecule has 14 heavy (non-hydrogen) atoms. The summed E-state index contributed by atoms with van der Waals surface area (Å²) in [6, 6.07) is 7.85. The molecular formula is C9H9N3OS. The Morgan fingerprint density at radius 2 is 2.21 bits per heavy atom. The number of amides is 1. The highest BCUT2D eigenvalue weighted by atomic mass is 32.1. The van der Waals surface area contributed by atoms with Crippen LogP contribution in [0.15, 0.2) is 24.3 Å². The van der Waals surface area contributed by atoms with E-state index in [2.05, 4.69) is 15.2 Å². The summed E-state index contributed by atoms with van der Waals surface area (Å²) in [5.41, 5.74) is 5.26. The summed E-state index contributed by atoms with van der Waals surface area (Å²) in [5.74, 6) is 0.558. The second-order valence-corrected chi connectivity index (χ2v) is 3.64. The maximum Gasteiger partial charge on any atom is 0.235 e. The van der Waals surface area contributed by atoms with E-state index in [1.54, 1.807) is 0 Å². The van der Waals surface area contributed by atoms with E-state index >= 15 is 0 Å². The van der Waals surface area contributed by atoms with Crippen molar-refractivity contribution < 1.29 is 4.79 Å². The van der Waals surface area contributed by atoms with Crippen LogP contribution in [-0.2, 0) is 4.79 Å². The van der Waals surface area contributed by atoms with Crippen molar-refractivity contribution in [3.63, 3.8) is 0 Å². The molecule has 0 saturated heterocycles. The molecular weight excluding hydrogens is 198 g/mol. The van der Waals surface area contributed by atoms with E-state index < -0.39 is 0 Å². The van der Waals surface area contributed by atoms with Crippen LogP contribution in [-0.4, -0.2) is 10.3 Å². The van der Waals surface area contributed by atoms with Crippen molar-refractivity contribution in [2.45, 2.75) is 6.92 Å². The third kappa shape index (κ3) is 1.67. The number of carbonyl (C=O) groups excluding carboxylic acids is 1. The van der Waals surface area contributed by atoms with E-state index in [-0.39, 0.29) is 5.91 Å². The van der Waals surface area contributed by atoms with Crippen LogP contribution in [0, 0.1) is 0 Å². The smallest absolute Gasteiger partial charge is 0.235 e. The van der Waals surface area contributed by atoms with Gasteiger partial charge < -0.3 is 0 Å². The second-order valence-electron chi connectivity index (χ2n) is 2.83. The maximum atomic E-state index is 10.7. The summed E-state index contributed by atoms with van der Waals surface area (Å²) in [6.07, 6.45) is 0. The van der Waals surface area contributed by atoms with E-state index in [1.165, 1.54) is 18.5 Å². The molecule has 0 spiro atoms. The molecule has 1 heterocycles. The Bertz CT molecular complexity index is 466. The Hall–Kier alpha value is -1.62. The highest BCUT2D eigenvalue weighted by Crippen LogP contribution is 2.25. The quantitative estimate of drug-likeness (QED) is 0.738. The van der Waals surface area contributed by atoms with Crippen LogP contribution >= 0.6 is 11.5 Å². The standard InChI is InChI=1S/C9H9N3OS/c1-6(13)10-11-9-7-4-2-3-5-8(7)14-12-9/h2-5H,1H3,(H,10,13)(H,11,12). The SMILES string of the molecule is CC(=O)NNc1nsc2ccccc12. The minimum Gasteiger partial charge on any atom is -0.281 e. The Morgan fingerprint density at radius 1 is 1.43 bits per heavy atom. The van der Waals surface area contributed by atoms with Crippen molar-refractivity contribution >= 4 is 33.3 Å². The molecule has 1 aromatic heterocycles. The summed E-state index contributed by atoms with van der Waals surface area (Å²) in [6.45, 7) is 1.45. The topological polar surface area (TPSA) is 54.0 Å². The molecule has 4 nitrogen and oxygen atoms in total. The summed E-state index contributed by atoms with van der Waals surface area (Å²) >= 11 is 1.40. The molecule has 5 heteroatoms. The van der Waals surface area contributed by atoms with E-state index in [9.17, 15) is 4.79 Å². The van der Waals surface area contributed by atoms with Gasteiger partial charge >= 0.3 is 0 Å². The Labute approximate surface area is 85.1 Å². The van der Waals surface area contributed by atoms with Gasteiger partial charge in [0.1, 0.15) is 0 Å². The zero-order valence-electron chi connectivity index (χ0n) is 7.57. The minimum atomic E-state index is -0.137. The average molecular weight is 207 g/mol. The zero-order valence-corrected chi connectivity index (χ0v) is 8.39. The zero-order chi connectivity index (χ0) is 9.97. The first-order valence-corrected chi connectivity index (χ1v) is 4.92. The number of carbonyl (C=O) groups is 1. The monoisotopic (exact) mass is 207 g/mol. The lowest BCUT2D eigenvalue weighted by Crippen LogP contribution is -2.26. The molecule has 2 aromatic rings. The number of nitrogens with one attached hydrogen (secondary N) is 2. The van der Waals surface area contributed by atoms with Crippen molar-refractivity contribution in [2.75, 3.05) is 5.43 Å². The molecule has 2 N–H and O–H groups in total. The highest BCUT2D eigenvalue weighted by molar-refractivity contribution is 7.13. The van der Waals surface area contributed by atoms with Gasteiger partial charge in [0.2, 0.25) is 5.91 Å². The lowest BCUT2D eigenvalue weighted by molar-refractivity contribution is -0.118. The highest BCUT2D eigenvalue weighted by Gasteiger charge is 2.03. The molecule has 0 aliphatic heterocycles. The number of fused-ring (bicyclic) bond motifs is 1. The average Bonchev–Trinajstić information content (AvgIpc) is 2.58. The number of benzene rings is 1. The molecule has 0 aliphatic carbocycles. The third-order valence-electron chi connectivity index (χ3n) is 1.73. The first-order chi connectivity index (χ1) is 6.77. The number of anilines is 1. The van der Waals surface area contributed by atoms with Crippen molar-refractivity contribution in [2.24, 2.45) is 0 Å². The van der Waals surface area contributed by atoms with Gasteiger partial charge in [-0.25, -0.2) is 0 Å². The number of hydrogen-bond acceptors (Lipinski definition) is 4. The van der Waals surface area contributed by atoms with Crippen LogP contribution in [0.3, 0.4) is 0 Å². The molecule has 0 aliphatic rings. The van der Waals surface area contributed by atoms with Crippen LogP contribution in [0.25, 0.3) is 10.1 Å². The van der Waals surface area contributed by atoms with Crippen LogP contribution in [0.4, 0.5) is 5.82 Å². The molecule has 0 bridgehead atoms. The van der Waals surface area contributed by atoms with Gasteiger partial charge in [-0.15, -0.1) is 0 Å². The van der Waals surface area contributed by atoms with Crippen LogP contribution in [0.2, 0.25) is 0 Å². The van der Waals surface area contributed by atoms with Gasteiger partial charge in [-0.3, -0.25) is 15.6 Å². The first kappa shape index (κ1) is 8.96. The number of aromatic nitrogens is 1. The van der Waals surface area contributed by atoms with Gasteiger partial charge in [0.05, 0.1) is 4.70 Å². The molecule has 0 radical (unpaired) electrons. The van der Waals surface area contributed by atoms with Gasteiger partial charge in [0.15, 0.2) is 5.82 Å². The largest absolute Gasteiger partial charge is 0.281 e. The van der Waals surface area contributed by atoms with E-state index in [4.69, 9.17) is 0 Å². The van der Waals surface area contributed by atoms with Gasteiger partial charge in [-0.05, 0) is 23.7 Å². The van der Waals surface area contributed by atoms with Crippen LogP contribution in [0.5, 0.6) is 0 Å².